The lowest BCUT2D eigenvalue weighted by Gasteiger charge is -2.12. The molecule has 2 aromatic carbocycles. The molecule has 0 saturated carbocycles. The third kappa shape index (κ3) is 2.62. The molecule has 1 aliphatic carbocycles. The van der Waals surface area contributed by atoms with Gasteiger partial charge in [0.15, 0.2) is 0 Å². The summed E-state index contributed by atoms with van der Waals surface area (Å²) in [5, 5.41) is 19.8. The molecule has 1 aromatic heterocycles. The number of rotatable bonds is 1. The number of carbonyl (C=O) groups excluding carboxylic acids is 1. The van der Waals surface area contributed by atoms with E-state index in [2.05, 4.69) is 9.97 Å². The van der Waals surface area contributed by atoms with Gasteiger partial charge >= 0.3 is 0 Å². The van der Waals surface area contributed by atoms with Crippen molar-refractivity contribution in [3.05, 3.63) is 102 Å². The second kappa shape index (κ2) is 6.06. The highest BCUT2D eigenvalue weighted by atomic mass is 16.3. The van der Waals surface area contributed by atoms with Crippen molar-refractivity contribution < 1.29 is 15.0 Å². The number of para-hydroxylation sites is 1. The normalized spacial score (nSPS) is 13.3. The molecule has 4 rings (SSSR count). The van der Waals surface area contributed by atoms with Gasteiger partial charge in [0.2, 0.25) is 5.78 Å². The van der Waals surface area contributed by atoms with Gasteiger partial charge in [-0.15, -0.1) is 0 Å². The zero-order chi connectivity index (χ0) is 19.1. The predicted octanol–water partition coefficient (Wildman–Crippen LogP) is -0.0766. The predicted molar refractivity (Wildman–Crippen MR) is 97.1 cm³/mol. The van der Waals surface area contributed by atoms with Crippen molar-refractivity contribution in [2.75, 3.05) is 0 Å². The lowest BCUT2D eigenvalue weighted by atomic mass is 9.95. The van der Waals surface area contributed by atoms with Crippen molar-refractivity contribution >= 4 is 17.6 Å². The largest absolute Gasteiger partial charge is 0.507 e. The molecule has 1 heterocycles. The van der Waals surface area contributed by atoms with Crippen LogP contribution in [0.15, 0.2) is 58.1 Å². The number of phenolic OH excluding ortho intramolecular Hbond substituents is 1. The Labute approximate surface area is 151 Å². The number of H-pyrrole nitrogens is 1. The molecule has 7 nitrogen and oxygen atoms in total. The first-order valence-electron chi connectivity index (χ1n) is 7.99. The van der Waals surface area contributed by atoms with Crippen molar-refractivity contribution in [3.63, 3.8) is 0 Å². The fourth-order valence-electron chi connectivity index (χ4n) is 2.93. The van der Waals surface area contributed by atoms with E-state index in [1.165, 1.54) is 30.3 Å². The fraction of sp³-hybridized carbons (Fsp3) is 0. The number of aromatic hydroxyl groups is 1. The number of nitrogens with one attached hydrogen (secondary N) is 1. The number of hydrogen-bond acceptors (Lipinski definition) is 6. The van der Waals surface area contributed by atoms with Crippen LogP contribution in [0.4, 0.5) is 0 Å². The Kier molecular flexibility index (Phi) is 3.70. The van der Waals surface area contributed by atoms with Gasteiger partial charge in [0.1, 0.15) is 27.8 Å². The first-order chi connectivity index (χ1) is 13.0. The smallest absolute Gasteiger partial charge is 0.283 e. The Hall–Kier alpha value is -4.00. The number of aliphatic hydroxyl groups excluding tert-OH is 1. The molecule has 27 heavy (non-hydrogen) atoms. The molecule has 3 aromatic rings. The Balaban J connectivity index is 2.13. The van der Waals surface area contributed by atoms with Gasteiger partial charge in [-0.3, -0.25) is 14.4 Å². The lowest BCUT2D eigenvalue weighted by Crippen LogP contribution is -2.39. The molecule has 0 aliphatic heterocycles. The molecular weight excluding hydrogens is 348 g/mol. The number of ketones is 1. The van der Waals surface area contributed by atoms with Gasteiger partial charge in [0, 0.05) is 16.7 Å². The zero-order valence-corrected chi connectivity index (χ0v) is 13.8. The van der Waals surface area contributed by atoms with Gasteiger partial charge in [-0.25, -0.2) is 4.98 Å². The fourth-order valence-corrected chi connectivity index (χ4v) is 2.93. The third-order valence-electron chi connectivity index (χ3n) is 4.28. The Bertz CT molecular complexity index is 1360. The number of fused-ring (bicyclic) bond motifs is 2. The van der Waals surface area contributed by atoms with Crippen LogP contribution in [0.5, 0.6) is 5.75 Å². The summed E-state index contributed by atoms with van der Waals surface area (Å²) in [4.78, 5) is 43.9. The van der Waals surface area contributed by atoms with Crippen LogP contribution in [-0.2, 0) is 0 Å². The van der Waals surface area contributed by atoms with E-state index in [1.54, 1.807) is 24.3 Å². The number of phenols is 1. The number of aromatic nitrogens is 2. The Morgan fingerprint density at radius 1 is 0.889 bits per heavy atom. The quantitative estimate of drug-likeness (QED) is 0.558. The molecule has 0 atom stereocenters. The maximum Gasteiger partial charge on any atom is 0.283 e. The molecule has 0 fully saturated rings. The molecule has 1 aliphatic rings. The number of benzene rings is 2. The first-order valence-corrected chi connectivity index (χ1v) is 7.99. The van der Waals surface area contributed by atoms with E-state index < -0.39 is 16.9 Å². The summed E-state index contributed by atoms with van der Waals surface area (Å²) in [5.74, 6) is -1.03. The minimum atomic E-state index is -0.943. The molecule has 3 N–H and O–H groups in total. The van der Waals surface area contributed by atoms with Crippen LogP contribution in [0.2, 0.25) is 0 Å². The molecule has 0 saturated heterocycles. The maximum atomic E-state index is 12.7. The van der Waals surface area contributed by atoms with Crippen LogP contribution >= 0.6 is 0 Å². The second-order valence-electron chi connectivity index (χ2n) is 5.93. The first kappa shape index (κ1) is 16.5. The molecule has 0 radical (unpaired) electrons. The highest BCUT2D eigenvalue weighted by Gasteiger charge is 2.25. The molecule has 0 unspecified atom stereocenters. The Morgan fingerprint density at radius 3 is 2.30 bits per heavy atom. The molecule has 0 bridgehead atoms. The summed E-state index contributed by atoms with van der Waals surface area (Å²) in [5.41, 5.74) is -1.43. The zero-order valence-electron chi connectivity index (χ0n) is 13.8. The van der Waals surface area contributed by atoms with E-state index in [0.717, 1.165) is 0 Å². The third-order valence-corrected chi connectivity index (χ3v) is 4.28. The number of hydrogen-bond donors (Lipinski definition) is 3. The van der Waals surface area contributed by atoms with Gasteiger partial charge in [-0.2, -0.15) is 0 Å². The SMILES string of the molecule is O=C1c2ccccc2C(O)=c2[nH]c(=O)/c(=C\c3ccccc3O)c(=O)nc21. The van der Waals surface area contributed by atoms with Gasteiger partial charge in [-0.1, -0.05) is 42.5 Å². The summed E-state index contributed by atoms with van der Waals surface area (Å²) in [6.45, 7) is 0. The summed E-state index contributed by atoms with van der Waals surface area (Å²) < 4.78 is 0. The van der Waals surface area contributed by atoms with Crippen molar-refractivity contribution in [1.82, 2.24) is 9.97 Å². The summed E-state index contributed by atoms with van der Waals surface area (Å²) >= 11 is 0. The van der Waals surface area contributed by atoms with E-state index in [9.17, 15) is 24.6 Å². The van der Waals surface area contributed by atoms with Gasteiger partial charge in [0.05, 0.1) is 0 Å². The van der Waals surface area contributed by atoms with Crippen molar-refractivity contribution in [2.24, 2.45) is 0 Å². The topological polar surface area (TPSA) is 120 Å². The molecule has 132 valence electrons. The number of aromatic amines is 1. The lowest BCUT2D eigenvalue weighted by molar-refractivity contribution is 0.103. The number of carbonyl (C=O) groups is 1. The monoisotopic (exact) mass is 360 g/mol. The van der Waals surface area contributed by atoms with Gasteiger partial charge in [0.25, 0.3) is 11.1 Å². The number of nitrogens with zero attached hydrogens (tertiary/aromatic N) is 1. The molecule has 0 amide bonds. The average Bonchev–Trinajstić information content (AvgIpc) is 2.79. The number of aliphatic hydroxyl groups is 1. The highest BCUT2D eigenvalue weighted by molar-refractivity contribution is 6.12. The van der Waals surface area contributed by atoms with Crippen molar-refractivity contribution in [1.29, 1.82) is 0 Å². The van der Waals surface area contributed by atoms with Crippen LogP contribution in [0.25, 0.3) is 11.8 Å². The standard InChI is InChI=1S/C20H12N2O5/c23-14-8-4-1-5-10(14)9-13-19(26)21-15-16(22-20(13)27)18(25)12-7-3-2-6-11(12)17(15)24/h1-9,23-24H,(H,21,26)/b13-9+. The van der Waals surface area contributed by atoms with Crippen LogP contribution in [0.1, 0.15) is 27.2 Å². The molecule has 7 heteroatoms. The van der Waals surface area contributed by atoms with Gasteiger partial charge in [-0.05, 0) is 12.1 Å². The van der Waals surface area contributed by atoms with Gasteiger partial charge < -0.3 is 15.2 Å². The minimum Gasteiger partial charge on any atom is -0.507 e. The molecular formula is C20H12N2O5. The highest BCUT2D eigenvalue weighted by Crippen LogP contribution is 2.20. The van der Waals surface area contributed by atoms with E-state index >= 15 is 0 Å². The van der Waals surface area contributed by atoms with Crippen molar-refractivity contribution in [3.8, 4) is 5.75 Å². The van der Waals surface area contributed by atoms with Crippen LogP contribution < -0.4 is 21.7 Å². The van der Waals surface area contributed by atoms with E-state index in [1.807, 2.05) is 0 Å². The van der Waals surface area contributed by atoms with E-state index in [4.69, 9.17) is 0 Å². The van der Waals surface area contributed by atoms with Crippen LogP contribution in [0, 0.1) is 0 Å². The van der Waals surface area contributed by atoms with Crippen LogP contribution in [0.3, 0.4) is 0 Å². The Morgan fingerprint density at radius 2 is 1.56 bits per heavy atom. The summed E-state index contributed by atoms with van der Waals surface area (Å²) in [7, 11) is 0. The second-order valence-corrected chi connectivity index (χ2v) is 5.93. The average molecular weight is 360 g/mol. The summed E-state index contributed by atoms with van der Waals surface area (Å²) in [6.07, 6.45) is 1.18. The van der Waals surface area contributed by atoms with Crippen LogP contribution in [-0.4, -0.2) is 26.0 Å². The van der Waals surface area contributed by atoms with Crippen molar-refractivity contribution in [2.45, 2.75) is 0 Å². The van der Waals surface area contributed by atoms with E-state index in [-0.39, 0.29) is 44.5 Å². The summed E-state index contributed by atoms with van der Waals surface area (Å²) in [6, 6.07) is 12.4. The maximum absolute atomic E-state index is 12.7. The van der Waals surface area contributed by atoms with E-state index in [0.29, 0.717) is 0 Å². The molecule has 0 spiro atoms. The minimum absolute atomic E-state index is 0.120.